The second-order valence-corrected chi connectivity index (χ2v) is 10.2. The molecule has 2 aromatic rings. The maximum absolute atomic E-state index is 13.0. The highest BCUT2D eigenvalue weighted by Gasteiger charge is 2.35. The summed E-state index contributed by atoms with van der Waals surface area (Å²) in [5.74, 6) is 0.576. The van der Waals surface area contributed by atoms with Crippen LogP contribution in [-0.2, 0) is 26.0 Å². The summed E-state index contributed by atoms with van der Waals surface area (Å²) in [4.78, 5) is 11.4. The van der Waals surface area contributed by atoms with Gasteiger partial charge in [0.2, 0.25) is 10.0 Å². The van der Waals surface area contributed by atoms with Crippen LogP contribution in [0.4, 0.5) is 0 Å². The lowest BCUT2D eigenvalue weighted by molar-refractivity contribution is -0.142. The molecule has 0 N–H and O–H groups in total. The predicted molar refractivity (Wildman–Crippen MR) is 114 cm³/mol. The van der Waals surface area contributed by atoms with Crippen LogP contribution < -0.4 is 4.74 Å². The van der Waals surface area contributed by atoms with Gasteiger partial charge in [-0.25, -0.2) is 13.2 Å². The van der Waals surface area contributed by atoms with Crippen LogP contribution >= 0.6 is 35.0 Å². The molecule has 0 spiro atoms. The first-order valence-corrected chi connectivity index (χ1v) is 11.9. The van der Waals surface area contributed by atoms with Gasteiger partial charge in [-0.2, -0.15) is 4.31 Å². The van der Waals surface area contributed by atoms with Crippen LogP contribution in [-0.4, -0.2) is 50.1 Å². The van der Waals surface area contributed by atoms with Crippen LogP contribution in [0.1, 0.15) is 5.56 Å². The standard InChI is InChI=1S/C19H19Cl2NO5S2/c1-26-19(23)12-27-17-7-2-13(10-16(17)21)11-18-22(8-9-28-18)29(24,25)15-5-3-14(20)4-6-15/h2-7,10,18H,8-9,11-12H2,1H3. The summed E-state index contributed by atoms with van der Waals surface area (Å²) in [6.07, 6.45) is 0.495. The fraction of sp³-hybridized carbons (Fsp3) is 0.316. The van der Waals surface area contributed by atoms with Crippen LogP contribution in [0.3, 0.4) is 0 Å². The second kappa shape index (κ2) is 9.57. The van der Waals surface area contributed by atoms with Crippen molar-refractivity contribution in [1.82, 2.24) is 4.31 Å². The quantitative estimate of drug-likeness (QED) is 0.566. The Labute approximate surface area is 184 Å². The van der Waals surface area contributed by atoms with Crippen LogP contribution in [0.15, 0.2) is 47.4 Å². The van der Waals surface area contributed by atoms with Crippen molar-refractivity contribution in [1.29, 1.82) is 0 Å². The number of hydrogen-bond acceptors (Lipinski definition) is 6. The first kappa shape index (κ1) is 22.2. The van der Waals surface area contributed by atoms with Crippen molar-refractivity contribution >= 4 is 51.0 Å². The van der Waals surface area contributed by atoms with E-state index in [1.54, 1.807) is 36.0 Å². The summed E-state index contributed by atoms with van der Waals surface area (Å²) < 4.78 is 37.4. The minimum Gasteiger partial charge on any atom is -0.480 e. The molecule has 0 bridgehead atoms. The van der Waals surface area contributed by atoms with E-state index in [4.69, 9.17) is 27.9 Å². The molecule has 1 saturated heterocycles. The van der Waals surface area contributed by atoms with Crippen molar-refractivity contribution in [3.05, 3.63) is 58.1 Å². The van der Waals surface area contributed by atoms with Crippen molar-refractivity contribution in [3.8, 4) is 5.75 Å². The molecular weight excluding hydrogens is 457 g/mol. The third-order valence-electron chi connectivity index (χ3n) is 4.34. The lowest BCUT2D eigenvalue weighted by Crippen LogP contribution is -2.36. The number of sulfonamides is 1. The molecule has 0 radical (unpaired) electrons. The van der Waals surface area contributed by atoms with Crippen molar-refractivity contribution < 1.29 is 22.7 Å². The molecule has 0 aromatic heterocycles. The molecule has 0 amide bonds. The largest absolute Gasteiger partial charge is 0.480 e. The van der Waals surface area contributed by atoms with Gasteiger partial charge >= 0.3 is 5.97 Å². The van der Waals surface area contributed by atoms with E-state index in [2.05, 4.69) is 4.74 Å². The highest BCUT2D eigenvalue weighted by molar-refractivity contribution is 8.01. The van der Waals surface area contributed by atoms with Crippen molar-refractivity contribution in [2.45, 2.75) is 16.7 Å². The molecule has 29 heavy (non-hydrogen) atoms. The van der Waals surface area contributed by atoms with Crippen LogP contribution in [0, 0.1) is 0 Å². The Morgan fingerprint density at radius 3 is 2.59 bits per heavy atom. The van der Waals surface area contributed by atoms with Gasteiger partial charge in [-0.1, -0.05) is 29.3 Å². The Hall–Kier alpha value is -1.45. The molecule has 6 nitrogen and oxygen atoms in total. The number of methoxy groups -OCH3 is 1. The zero-order chi connectivity index (χ0) is 21.0. The van der Waals surface area contributed by atoms with E-state index in [1.165, 1.54) is 23.5 Å². The molecule has 10 heteroatoms. The Morgan fingerprint density at radius 2 is 1.93 bits per heavy atom. The molecule has 1 unspecified atom stereocenters. The third kappa shape index (κ3) is 5.38. The number of benzene rings is 2. The molecule has 1 aliphatic heterocycles. The molecule has 0 aliphatic carbocycles. The van der Waals surface area contributed by atoms with E-state index >= 15 is 0 Å². The normalized spacial score (nSPS) is 17.3. The van der Waals surface area contributed by atoms with Crippen LogP contribution in [0.5, 0.6) is 5.75 Å². The molecular formula is C19H19Cl2NO5S2. The van der Waals surface area contributed by atoms with E-state index in [9.17, 15) is 13.2 Å². The van der Waals surface area contributed by atoms with Gasteiger partial charge in [0.15, 0.2) is 6.61 Å². The third-order valence-corrected chi connectivity index (χ3v) is 8.17. The summed E-state index contributed by atoms with van der Waals surface area (Å²) in [6, 6.07) is 11.4. The Morgan fingerprint density at radius 1 is 1.21 bits per heavy atom. The zero-order valence-electron chi connectivity index (χ0n) is 15.5. The molecule has 1 heterocycles. The van der Waals surface area contributed by atoms with Gasteiger partial charge in [0.05, 0.1) is 22.4 Å². The Bertz CT molecular complexity index is 983. The minimum atomic E-state index is -3.62. The second-order valence-electron chi connectivity index (χ2n) is 6.23. The number of ether oxygens (including phenoxy) is 2. The van der Waals surface area contributed by atoms with E-state index in [0.29, 0.717) is 34.5 Å². The number of rotatable bonds is 7. The van der Waals surface area contributed by atoms with E-state index < -0.39 is 16.0 Å². The first-order valence-electron chi connectivity index (χ1n) is 8.68. The van der Waals surface area contributed by atoms with Gasteiger partial charge in [-0.3, -0.25) is 0 Å². The number of hydrogen-bond donors (Lipinski definition) is 0. The van der Waals surface area contributed by atoms with Gasteiger partial charge in [-0.15, -0.1) is 11.8 Å². The van der Waals surface area contributed by atoms with Crippen LogP contribution in [0.25, 0.3) is 0 Å². The maximum atomic E-state index is 13.0. The number of thioether (sulfide) groups is 1. The highest BCUT2D eigenvalue weighted by atomic mass is 35.5. The predicted octanol–water partition coefficient (Wildman–Crippen LogP) is 3.85. The van der Waals surface area contributed by atoms with Crippen LogP contribution in [0.2, 0.25) is 10.0 Å². The number of carbonyl (C=O) groups excluding carboxylic acids is 1. The molecule has 1 aliphatic rings. The number of halogens is 2. The average Bonchev–Trinajstić information content (AvgIpc) is 3.16. The van der Waals surface area contributed by atoms with Gasteiger partial charge in [0.1, 0.15) is 5.75 Å². The summed E-state index contributed by atoms with van der Waals surface area (Å²) >= 11 is 13.7. The number of carbonyl (C=O) groups is 1. The zero-order valence-corrected chi connectivity index (χ0v) is 18.7. The minimum absolute atomic E-state index is 0.221. The van der Waals surface area contributed by atoms with Crippen molar-refractivity contribution in [2.75, 3.05) is 26.0 Å². The topological polar surface area (TPSA) is 72.9 Å². The van der Waals surface area contributed by atoms with E-state index in [1.807, 2.05) is 6.07 Å². The monoisotopic (exact) mass is 475 g/mol. The van der Waals surface area contributed by atoms with E-state index in [0.717, 1.165) is 5.56 Å². The molecule has 156 valence electrons. The summed E-state index contributed by atoms with van der Waals surface area (Å²) in [7, 11) is -2.34. The molecule has 3 rings (SSSR count). The van der Waals surface area contributed by atoms with E-state index in [-0.39, 0.29) is 16.9 Å². The first-order chi connectivity index (χ1) is 13.8. The lowest BCUT2D eigenvalue weighted by Gasteiger charge is -2.23. The molecule has 1 fully saturated rings. The van der Waals surface area contributed by atoms with Gasteiger partial charge < -0.3 is 9.47 Å². The summed E-state index contributed by atoms with van der Waals surface area (Å²) in [6.45, 7) is 0.204. The fourth-order valence-electron chi connectivity index (χ4n) is 2.87. The average molecular weight is 476 g/mol. The molecule has 2 aromatic carbocycles. The lowest BCUT2D eigenvalue weighted by atomic mass is 10.1. The van der Waals surface area contributed by atoms with Crippen molar-refractivity contribution in [2.24, 2.45) is 0 Å². The highest BCUT2D eigenvalue weighted by Crippen LogP contribution is 2.34. The van der Waals surface area contributed by atoms with Gasteiger partial charge in [0, 0.05) is 17.3 Å². The van der Waals surface area contributed by atoms with Crippen molar-refractivity contribution in [3.63, 3.8) is 0 Å². The molecule has 0 saturated carbocycles. The maximum Gasteiger partial charge on any atom is 0.343 e. The number of nitrogens with zero attached hydrogens (tertiary/aromatic N) is 1. The van der Waals surface area contributed by atoms with Gasteiger partial charge in [-0.05, 0) is 48.4 Å². The van der Waals surface area contributed by atoms with Gasteiger partial charge in [0.25, 0.3) is 0 Å². The summed E-state index contributed by atoms with van der Waals surface area (Å²) in [5, 5.41) is 0.593. The smallest absolute Gasteiger partial charge is 0.343 e. The number of esters is 1. The molecule has 1 atom stereocenters. The fourth-order valence-corrected chi connectivity index (χ4v) is 6.51. The SMILES string of the molecule is COC(=O)COc1ccc(CC2SCCN2S(=O)(=O)c2ccc(Cl)cc2)cc1Cl. The Balaban J connectivity index is 1.73. The summed E-state index contributed by atoms with van der Waals surface area (Å²) in [5.41, 5.74) is 0.871. The Kier molecular flexibility index (Phi) is 7.34.